The number of rotatable bonds is 5. The van der Waals surface area contributed by atoms with Crippen LogP contribution in [0.2, 0.25) is 0 Å². The molecule has 1 saturated heterocycles. The predicted molar refractivity (Wildman–Crippen MR) is 96.3 cm³/mol. The summed E-state index contributed by atoms with van der Waals surface area (Å²) < 4.78 is 0. The SMILES string of the molecule is CCCC(CCC)C(=O)N1C(=O)[C@H]2CCCN2C(=O)c2ccccc21. The second-order valence-corrected chi connectivity index (χ2v) is 6.96. The summed E-state index contributed by atoms with van der Waals surface area (Å²) in [6.45, 7) is 4.69. The fraction of sp³-hybridized carbons (Fsp3) is 0.550. The average Bonchev–Trinajstić information content (AvgIpc) is 3.08. The molecule has 1 aromatic carbocycles. The zero-order chi connectivity index (χ0) is 18.0. The summed E-state index contributed by atoms with van der Waals surface area (Å²) in [5.41, 5.74) is 0.912. The van der Waals surface area contributed by atoms with Gasteiger partial charge in [-0.05, 0) is 37.8 Å². The second-order valence-electron chi connectivity index (χ2n) is 6.96. The Morgan fingerprint density at radius 2 is 1.84 bits per heavy atom. The lowest BCUT2D eigenvalue weighted by Crippen LogP contribution is -2.49. The van der Waals surface area contributed by atoms with Crippen molar-refractivity contribution in [3.05, 3.63) is 29.8 Å². The van der Waals surface area contributed by atoms with Crippen LogP contribution in [0.5, 0.6) is 0 Å². The van der Waals surface area contributed by atoms with Crippen LogP contribution in [0.15, 0.2) is 24.3 Å². The van der Waals surface area contributed by atoms with E-state index in [0.29, 0.717) is 24.2 Å². The van der Waals surface area contributed by atoms with E-state index in [0.717, 1.165) is 32.1 Å². The first-order chi connectivity index (χ1) is 12.1. The number of fused-ring (bicyclic) bond motifs is 2. The number of hydrogen-bond acceptors (Lipinski definition) is 3. The summed E-state index contributed by atoms with van der Waals surface area (Å²) in [5.74, 6) is -0.694. The number of carbonyl (C=O) groups excluding carboxylic acids is 3. The maximum Gasteiger partial charge on any atom is 0.256 e. The number of para-hydroxylation sites is 1. The van der Waals surface area contributed by atoms with Crippen molar-refractivity contribution in [2.24, 2.45) is 5.92 Å². The molecule has 25 heavy (non-hydrogen) atoms. The van der Waals surface area contributed by atoms with Crippen LogP contribution in [0.1, 0.15) is 62.7 Å². The topological polar surface area (TPSA) is 57.7 Å². The van der Waals surface area contributed by atoms with Crippen molar-refractivity contribution >= 4 is 23.4 Å². The molecule has 0 aromatic heterocycles. The van der Waals surface area contributed by atoms with E-state index in [2.05, 4.69) is 13.8 Å². The van der Waals surface area contributed by atoms with Crippen molar-refractivity contribution in [2.75, 3.05) is 11.4 Å². The molecule has 1 fully saturated rings. The van der Waals surface area contributed by atoms with Crippen LogP contribution < -0.4 is 4.90 Å². The molecule has 0 radical (unpaired) electrons. The van der Waals surface area contributed by atoms with E-state index in [1.807, 2.05) is 0 Å². The van der Waals surface area contributed by atoms with Crippen molar-refractivity contribution in [1.29, 1.82) is 0 Å². The fourth-order valence-electron chi connectivity index (χ4n) is 4.04. The summed E-state index contributed by atoms with van der Waals surface area (Å²) >= 11 is 0. The first-order valence-corrected chi connectivity index (χ1v) is 9.37. The largest absolute Gasteiger partial charge is 0.327 e. The minimum atomic E-state index is -0.507. The van der Waals surface area contributed by atoms with Gasteiger partial charge in [-0.25, -0.2) is 4.90 Å². The lowest BCUT2D eigenvalue weighted by atomic mass is 9.95. The molecule has 2 heterocycles. The lowest BCUT2D eigenvalue weighted by molar-refractivity contribution is -0.130. The van der Waals surface area contributed by atoms with E-state index >= 15 is 0 Å². The van der Waals surface area contributed by atoms with Gasteiger partial charge in [0.2, 0.25) is 5.91 Å². The van der Waals surface area contributed by atoms with Gasteiger partial charge in [-0.2, -0.15) is 0 Å². The molecule has 0 saturated carbocycles. The molecule has 3 amide bonds. The van der Waals surface area contributed by atoms with Crippen LogP contribution in [-0.4, -0.2) is 35.2 Å². The predicted octanol–water partition coefficient (Wildman–Crippen LogP) is 3.38. The minimum Gasteiger partial charge on any atom is -0.327 e. The summed E-state index contributed by atoms with van der Waals surface area (Å²) in [6, 6.07) is 6.51. The first-order valence-electron chi connectivity index (χ1n) is 9.37. The van der Waals surface area contributed by atoms with Gasteiger partial charge in [0, 0.05) is 12.5 Å². The van der Waals surface area contributed by atoms with E-state index in [1.165, 1.54) is 4.90 Å². The van der Waals surface area contributed by atoms with Crippen molar-refractivity contribution in [3.8, 4) is 0 Å². The summed E-state index contributed by atoms with van der Waals surface area (Å²) in [6.07, 6.45) is 4.76. The molecule has 5 heteroatoms. The normalized spacial score (nSPS) is 19.9. The van der Waals surface area contributed by atoms with Crippen LogP contribution >= 0.6 is 0 Å². The van der Waals surface area contributed by atoms with Gasteiger partial charge < -0.3 is 4.90 Å². The highest BCUT2D eigenvalue weighted by molar-refractivity contribution is 6.22. The van der Waals surface area contributed by atoms with Crippen molar-refractivity contribution in [2.45, 2.75) is 58.4 Å². The Labute approximate surface area is 149 Å². The van der Waals surface area contributed by atoms with Gasteiger partial charge in [0.1, 0.15) is 6.04 Å². The van der Waals surface area contributed by atoms with Crippen molar-refractivity contribution in [3.63, 3.8) is 0 Å². The van der Waals surface area contributed by atoms with E-state index < -0.39 is 6.04 Å². The summed E-state index contributed by atoms with van der Waals surface area (Å²) in [4.78, 5) is 42.3. The van der Waals surface area contributed by atoms with Crippen molar-refractivity contribution < 1.29 is 14.4 Å². The summed E-state index contributed by atoms with van der Waals surface area (Å²) in [5, 5.41) is 0. The molecule has 0 unspecified atom stereocenters. The maximum absolute atomic E-state index is 13.3. The third-order valence-electron chi connectivity index (χ3n) is 5.24. The Kier molecular flexibility index (Phi) is 5.21. The minimum absolute atomic E-state index is 0.135. The Bertz CT molecular complexity index is 679. The number of benzene rings is 1. The molecule has 0 bridgehead atoms. The summed E-state index contributed by atoms with van der Waals surface area (Å²) in [7, 11) is 0. The Balaban J connectivity index is 2.06. The quantitative estimate of drug-likeness (QED) is 0.824. The fourth-order valence-corrected chi connectivity index (χ4v) is 4.04. The van der Waals surface area contributed by atoms with Gasteiger partial charge in [-0.15, -0.1) is 0 Å². The number of amides is 3. The van der Waals surface area contributed by atoms with E-state index in [4.69, 9.17) is 0 Å². The number of carbonyl (C=O) groups is 3. The smallest absolute Gasteiger partial charge is 0.256 e. The maximum atomic E-state index is 13.3. The molecule has 3 rings (SSSR count). The second kappa shape index (κ2) is 7.38. The van der Waals surface area contributed by atoms with Crippen LogP contribution in [0.4, 0.5) is 5.69 Å². The molecule has 0 aliphatic carbocycles. The van der Waals surface area contributed by atoms with Crippen LogP contribution in [0.3, 0.4) is 0 Å². The highest BCUT2D eigenvalue weighted by atomic mass is 16.2. The van der Waals surface area contributed by atoms with Crippen LogP contribution in [0.25, 0.3) is 0 Å². The third-order valence-corrected chi connectivity index (χ3v) is 5.24. The van der Waals surface area contributed by atoms with Gasteiger partial charge >= 0.3 is 0 Å². The van der Waals surface area contributed by atoms with Gasteiger partial charge in [0.05, 0.1) is 11.3 Å². The zero-order valence-corrected chi connectivity index (χ0v) is 15.0. The highest BCUT2D eigenvalue weighted by Crippen LogP contribution is 2.34. The molecule has 5 nitrogen and oxygen atoms in total. The molecular formula is C20H26N2O3. The Morgan fingerprint density at radius 3 is 2.52 bits per heavy atom. The van der Waals surface area contributed by atoms with E-state index in [-0.39, 0.29) is 23.6 Å². The monoisotopic (exact) mass is 342 g/mol. The van der Waals surface area contributed by atoms with E-state index in [9.17, 15) is 14.4 Å². The Hall–Kier alpha value is -2.17. The molecule has 2 aliphatic heterocycles. The number of hydrogen-bond donors (Lipinski definition) is 0. The third kappa shape index (κ3) is 3.08. The molecule has 1 atom stereocenters. The highest BCUT2D eigenvalue weighted by Gasteiger charge is 2.44. The molecule has 0 N–H and O–H groups in total. The van der Waals surface area contributed by atoms with Crippen molar-refractivity contribution in [1.82, 2.24) is 4.90 Å². The van der Waals surface area contributed by atoms with Gasteiger partial charge in [0.15, 0.2) is 0 Å². The molecule has 0 spiro atoms. The zero-order valence-electron chi connectivity index (χ0n) is 15.0. The van der Waals surface area contributed by atoms with Crippen LogP contribution in [0, 0.1) is 5.92 Å². The van der Waals surface area contributed by atoms with Gasteiger partial charge in [-0.3, -0.25) is 14.4 Å². The Morgan fingerprint density at radius 1 is 1.16 bits per heavy atom. The molecule has 134 valence electrons. The molecule has 2 aliphatic rings. The molecule has 1 aromatic rings. The first kappa shape index (κ1) is 17.6. The number of imide groups is 1. The molecular weight excluding hydrogens is 316 g/mol. The van der Waals surface area contributed by atoms with Crippen LogP contribution in [-0.2, 0) is 9.59 Å². The lowest BCUT2D eigenvalue weighted by Gasteiger charge is -2.27. The average molecular weight is 342 g/mol. The number of anilines is 1. The van der Waals surface area contributed by atoms with Gasteiger partial charge in [-0.1, -0.05) is 38.8 Å². The van der Waals surface area contributed by atoms with Gasteiger partial charge in [0.25, 0.3) is 11.8 Å². The standard InChI is InChI=1S/C20H26N2O3/c1-3-8-14(9-4-2)18(23)22-16-11-6-5-10-15(16)19(24)21-13-7-12-17(21)20(22)25/h5-6,10-11,14,17H,3-4,7-9,12-13H2,1-2H3/t17-/m1/s1. The number of nitrogens with zero attached hydrogens (tertiary/aromatic N) is 2. The van der Waals surface area contributed by atoms with E-state index in [1.54, 1.807) is 29.2 Å².